The van der Waals surface area contributed by atoms with Crippen molar-refractivity contribution in [2.75, 3.05) is 0 Å². The zero-order valence-corrected chi connectivity index (χ0v) is 4.57. The highest BCUT2D eigenvalue weighted by Crippen LogP contribution is 1.75. The molecule has 0 aromatic rings. The van der Waals surface area contributed by atoms with E-state index >= 15 is 0 Å². The van der Waals surface area contributed by atoms with Crippen LogP contribution in [-0.4, -0.2) is 0 Å². The molecule has 0 aromatic carbocycles. The average Bonchev–Trinajstić information content (AvgIpc) is 1.69. The molecule has 0 heterocycles. The molecule has 0 fully saturated rings. The van der Waals surface area contributed by atoms with Gasteiger partial charge in [0.05, 0.1) is 0 Å². The second kappa shape index (κ2) is 5.30. The molecule has 0 heteroatoms. The smallest absolute Gasteiger partial charge is 0.0269 e. The molecule has 0 aromatic heterocycles. The van der Waals surface area contributed by atoms with Crippen LogP contribution in [0.15, 0.2) is 12.2 Å². The molecule has 0 unspecified atom stereocenters. The molecular weight excluding hydrogens is 84.1 g/mol. The molecule has 7 heavy (non-hydrogen) atoms. The van der Waals surface area contributed by atoms with Crippen molar-refractivity contribution in [1.29, 1.82) is 0 Å². The van der Waals surface area contributed by atoms with Gasteiger partial charge in [-0.15, -0.1) is 5.92 Å². The topological polar surface area (TPSA) is 0 Å². The molecule has 0 N–H and O–H groups in total. The van der Waals surface area contributed by atoms with E-state index in [1.807, 2.05) is 13.0 Å². The predicted molar refractivity (Wildman–Crippen MR) is 32.6 cm³/mol. The average molecular weight is 93.1 g/mol. The number of hydrogen-bond acceptors (Lipinski definition) is 0. The van der Waals surface area contributed by atoms with Crippen LogP contribution in [0.25, 0.3) is 0 Å². The van der Waals surface area contributed by atoms with Gasteiger partial charge in [-0.3, -0.25) is 0 Å². The number of allylic oxidation sites excluding steroid dienone is 2. The van der Waals surface area contributed by atoms with Crippen LogP contribution in [0.2, 0.25) is 0 Å². The molecule has 0 bridgehead atoms. The van der Waals surface area contributed by atoms with E-state index in [1.165, 1.54) is 0 Å². The molecule has 0 saturated carbocycles. The van der Waals surface area contributed by atoms with Crippen LogP contribution in [0, 0.1) is 18.8 Å². The van der Waals surface area contributed by atoms with E-state index in [-0.39, 0.29) is 0 Å². The zero-order valence-electron chi connectivity index (χ0n) is 4.57. The van der Waals surface area contributed by atoms with Gasteiger partial charge in [0, 0.05) is 6.42 Å². The first-order chi connectivity index (χ1) is 3.41. The quantitative estimate of drug-likeness (QED) is 0.433. The predicted octanol–water partition coefficient (Wildman–Crippen LogP) is 1.79. The maximum atomic E-state index is 3.51. The first kappa shape index (κ1) is 6.30. The molecule has 0 aliphatic carbocycles. The number of hydrogen-bond donors (Lipinski definition) is 0. The van der Waals surface area contributed by atoms with E-state index in [1.54, 1.807) is 6.08 Å². The summed E-state index contributed by atoms with van der Waals surface area (Å²) in [6.45, 7) is 5.34. The van der Waals surface area contributed by atoms with Crippen LogP contribution in [0.1, 0.15) is 13.3 Å². The summed E-state index contributed by atoms with van der Waals surface area (Å²) in [5, 5.41) is 0. The SMILES string of the molecule is [CH2]/C=C/CC#CC. The third kappa shape index (κ3) is 5.30. The Balaban J connectivity index is 3.09. The molecule has 0 spiro atoms. The van der Waals surface area contributed by atoms with Gasteiger partial charge >= 0.3 is 0 Å². The van der Waals surface area contributed by atoms with Crippen LogP contribution >= 0.6 is 0 Å². The molecule has 0 aliphatic heterocycles. The van der Waals surface area contributed by atoms with Crippen molar-refractivity contribution in [2.45, 2.75) is 13.3 Å². The molecule has 0 saturated heterocycles. The van der Waals surface area contributed by atoms with Gasteiger partial charge in [-0.05, 0) is 13.8 Å². The van der Waals surface area contributed by atoms with Crippen LogP contribution in [-0.2, 0) is 0 Å². The monoisotopic (exact) mass is 93.1 g/mol. The lowest BCUT2D eigenvalue weighted by Gasteiger charge is -1.68. The van der Waals surface area contributed by atoms with Crippen molar-refractivity contribution in [3.8, 4) is 11.8 Å². The molecule has 0 rings (SSSR count). The van der Waals surface area contributed by atoms with Crippen LogP contribution in [0.5, 0.6) is 0 Å². The second-order valence-electron chi connectivity index (χ2n) is 1.10. The summed E-state index contributed by atoms with van der Waals surface area (Å²) in [5.41, 5.74) is 0. The van der Waals surface area contributed by atoms with E-state index in [4.69, 9.17) is 0 Å². The third-order valence-electron chi connectivity index (χ3n) is 0.563. The Bertz CT molecular complexity index is 98.9. The van der Waals surface area contributed by atoms with Crippen LogP contribution in [0.3, 0.4) is 0 Å². The molecule has 0 nitrogen and oxygen atoms in total. The summed E-state index contributed by atoms with van der Waals surface area (Å²) in [6, 6.07) is 0. The Morgan fingerprint density at radius 3 is 2.86 bits per heavy atom. The van der Waals surface area contributed by atoms with Crippen molar-refractivity contribution in [1.82, 2.24) is 0 Å². The maximum absolute atomic E-state index is 3.51. The van der Waals surface area contributed by atoms with Crippen molar-refractivity contribution in [3.63, 3.8) is 0 Å². The fourth-order valence-corrected chi connectivity index (χ4v) is 0.244. The Morgan fingerprint density at radius 1 is 1.71 bits per heavy atom. The maximum Gasteiger partial charge on any atom is 0.0269 e. The lowest BCUT2D eigenvalue weighted by atomic mass is 10.4. The van der Waals surface area contributed by atoms with Gasteiger partial charge in [0.2, 0.25) is 0 Å². The van der Waals surface area contributed by atoms with Gasteiger partial charge in [0.1, 0.15) is 0 Å². The van der Waals surface area contributed by atoms with Gasteiger partial charge in [0.25, 0.3) is 0 Å². The highest BCUT2D eigenvalue weighted by molar-refractivity contribution is 5.02. The van der Waals surface area contributed by atoms with Gasteiger partial charge in [-0.1, -0.05) is 18.1 Å². The van der Waals surface area contributed by atoms with Gasteiger partial charge in [0.15, 0.2) is 0 Å². The van der Waals surface area contributed by atoms with Gasteiger partial charge < -0.3 is 0 Å². The van der Waals surface area contributed by atoms with Crippen molar-refractivity contribution >= 4 is 0 Å². The summed E-state index contributed by atoms with van der Waals surface area (Å²) in [6.07, 6.45) is 4.51. The summed E-state index contributed by atoms with van der Waals surface area (Å²) in [7, 11) is 0. The molecule has 0 atom stereocenters. The number of rotatable bonds is 1. The Morgan fingerprint density at radius 2 is 2.43 bits per heavy atom. The molecule has 1 radical (unpaired) electrons. The lowest BCUT2D eigenvalue weighted by Crippen LogP contribution is -1.53. The summed E-state index contributed by atoms with van der Waals surface area (Å²) >= 11 is 0. The summed E-state index contributed by atoms with van der Waals surface area (Å²) in [5.74, 6) is 5.65. The van der Waals surface area contributed by atoms with Crippen LogP contribution in [0.4, 0.5) is 0 Å². The lowest BCUT2D eigenvalue weighted by molar-refractivity contribution is 1.46. The normalized spacial score (nSPS) is 8.29. The molecule has 37 valence electrons. The minimum Gasteiger partial charge on any atom is -0.106 e. The van der Waals surface area contributed by atoms with E-state index in [0.29, 0.717) is 0 Å². The van der Waals surface area contributed by atoms with E-state index in [0.717, 1.165) is 6.42 Å². The van der Waals surface area contributed by atoms with E-state index < -0.39 is 0 Å². The molecular formula is C7H9. The van der Waals surface area contributed by atoms with Gasteiger partial charge in [-0.2, -0.15) is 0 Å². The first-order valence-electron chi connectivity index (χ1n) is 2.25. The molecule has 0 amide bonds. The largest absolute Gasteiger partial charge is 0.106 e. The minimum absolute atomic E-state index is 0.833. The van der Waals surface area contributed by atoms with Crippen molar-refractivity contribution in [3.05, 3.63) is 19.1 Å². The third-order valence-corrected chi connectivity index (χ3v) is 0.563. The highest BCUT2D eigenvalue weighted by atomic mass is 13.6. The Hall–Kier alpha value is -0.700. The van der Waals surface area contributed by atoms with Crippen molar-refractivity contribution in [2.24, 2.45) is 0 Å². The fourth-order valence-electron chi connectivity index (χ4n) is 0.244. The Kier molecular flexibility index (Phi) is 4.77. The molecule has 0 aliphatic rings. The Labute approximate surface area is 45.2 Å². The standard InChI is InChI=1S/C7H9/c1-3-5-7-6-4-2/h3,5H,1,7H2,2H3/b5-3+. The fraction of sp³-hybridized carbons (Fsp3) is 0.286. The van der Waals surface area contributed by atoms with Crippen molar-refractivity contribution < 1.29 is 0 Å². The highest BCUT2D eigenvalue weighted by Gasteiger charge is 1.59. The van der Waals surface area contributed by atoms with Gasteiger partial charge in [-0.25, -0.2) is 0 Å². The second-order valence-corrected chi connectivity index (χ2v) is 1.10. The summed E-state index contributed by atoms with van der Waals surface area (Å²) in [4.78, 5) is 0. The van der Waals surface area contributed by atoms with E-state index in [9.17, 15) is 0 Å². The van der Waals surface area contributed by atoms with E-state index in [2.05, 4.69) is 18.8 Å². The summed E-state index contributed by atoms with van der Waals surface area (Å²) < 4.78 is 0. The first-order valence-corrected chi connectivity index (χ1v) is 2.25. The minimum atomic E-state index is 0.833. The zero-order chi connectivity index (χ0) is 5.54. The van der Waals surface area contributed by atoms with Crippen LogP contribution < -0.4 is 0 Å².